The summed E-state index contributed by atoms with van der Waals surface area (Å²) in [4.78, 5) is 27.6. The SMILES string of the molecule is COC(=O)CCC(=O)Nc1cc(Cl)c(-c2nc3c(Cl)c(C(C)(C)C)[nH]n3n2)c(Cl)c1. The summed E-state index contributed by atoms with van der Waals surface area (Å²) in [6.07, 6.45) is -0.0462. The molecule has 0 aliphatic rings. The van der Waals surface area contributed by atoms with Crippen molar-refractivity contribution in [2.45, 2.75) is 39.0 Å². The molecule has 0 spiro atoms. The maximum absolute atomic E-state index is 12.0. The summed E-state index contributed by atoms with van der Waals surface area (Å²) in [6, 6.07) is 3.08. The lowest BCUT2D eigenvalue weighted by atomic mass is 9.92. The predicted octanol–water partition coefficient (Wildman–Crippen LogP) is 4.87. The molecule has 0 unspecified atom stereocenters. The van der Waals surface area contributed by atoms with Crippen molar-refractivity contribution in [3.8, 4) is 11.4 Å². The summed E-state index contributed by atoms with van der Waals surface area (Å²) in [6.45, 7) is 6.07. The van der Waals surface area contributed by atoms with Crippen LogP contribution >= 0.6 is 34.8 Å². The zero-order valence-electron chi connectivity index (χ0n) is 16.8. The normalized spacial score (nSPS) is 11.7. The lowest BCUT2D eigenvalue weighted by molar-refractivity contribution is -0.141. The minimum atomic E-state index is -0.466. The quantitative estimate of drug-likeness (QED) is 0.516. The minimum absolute atomic E-state index is 0.0222. The van der Waals surface area contributed by atoms with Crippen LogP contribution < -0.4 is 5.32 Å². The number of ether oxygens (including phenoxy) is 1. The molecule has 3 rings (SSSR count). The fraction of sp³-hybridized carbons (Fsp3) is 0.368. The zero-order valence-corrected chi connectivity index (χ0v) is 19.0. The molecule has 3 aromatic rings. The first kappa shape index (κ1) is 22.4. The molecule has 0 atom stereocenters. The van der Waals surface area contributed by atoms with Gasteiger partial charge >= 0.3 is 5.97 Å². The van der Waals surface area contributed by atoms with Gasteiger partial charge in [0.15, 0.2) is 11.5 Å². The number of hydrogen-bond acceptors (Lipinski definition) is 5. The van der Waals surface area contributed by atoms with Gasteiger partial charge in [-0.25, -0.2) is 4.98 Å². The fourth-order valence-corrected chi connectivity index (χ4v) is 3.91. The third-order valence-electron chi connectivity index (χ3n) is 4.32. The van der Waals surface area contributed by atoms with E-state index >= 15 is 0 Å². The highest BCUT2D eigenvalue weighted by molar-refractivity contribution is 6.39. The number of anilines is 1. The molecule has 1 aromatic carbocycles. The molecule has 0 saturated heterocycles. The number of aromatic amines is 1. The van der Waals surface area contributed by atoms with Gasteiger partial charge in [-0.3, -0.25) is 14.7 Å². The number of methoxy groups -OCH3 is 1. The van der Waals surface area contributed by atoms with Gasteiger partial charge in [-0.2, -0.15) is 4.63 Å². The topological polar surface area (TPSA) is 101 Å². The van der Waals surface area contributed by atoms with Gasteiger partial charge in [0, 0.05) is 17.5 Å². The highest BCUT2D eigenvalue weighted by atomic mass is 35.5. The molecule has 11 heteroatoms. The van der Waals surface area contributed by atoms with Crippen molar-refractivity contribution in [3.63, 3.8) is 0 Å². The van der Waals surface area contributed by atoms with Crippen LogP contribution in [0.5, 0.6) is 0 Å². The first-order valence-corrected chi connectivity index (χ1v) is 10.2. The average Bonchev–Trinajstić information content (AvgIpc) is 3.18. The second kappa shape index (κ2) is 8.45. The van der Waals surface area contributed by atoms with Crippen LogP contribution in [0.2, 0.25) is 15.1 Å². The van der Waals surface area contributed by atoms with E-state index in [1.165, 1.54) is 23.9 Å². The van der Waals surface area contributed by atoms with Crippen LogP contribution in [0.15, 0.2) is 12.1 Å². The number of fused-ring (bicyclic) bond motifs is 1. The molecule has 160 valence electrons. The Morgan fingerprint density at radius 3 is 2.33 bits per heavy atom. The molecule has 0 bridgehead atoms. The van der Waals surface area contributed by atoms with Gasteiger partial charge in [0.2, 0.25) is 5.91 Å². The van der Waals surface area contributed by atoms with Crippen molar-refractivity contribution in [1.29, 1.82) is 0 Å². The Morgan fingerprint density at radius 2 is 1.80 bits per heavy atom. The van der Waals surface area contributed by atoms with Gasteiger partial charge < -0.3 is 10.1 Å². The van der Waals surface area contributed by atoms with Gasteiger partial charge in [0.05, 0.1) is 34.8 Å². The monoisotopic (exact) mass is 471 g/mol. The molecule has 0 saturated carbocycles. The van der Waals surface area contributed by atoms with Crippen LogP contribution in [-0.4, -0.2) is 38.8 Å². The van der Waals surface area contributed by atoms with Crippen molar-refractivity contribution in [2.75, 3.05) is 12.4 Å². The zero-order chi connectivity index (χ0) is 22.2. The Labute approximate surface area is 187 Å². The summed E-state index contributed by atoms with van der Waals surface area (Å²) in [5.41, 5.74) is 1.87. The summed E-state index contributed by atoms with van der Waals surface area (Å²) in [7, 11) is 1.26. The fourth-order valence-electron chi connectivity index (χ4n) is 2.80. The smallest absolute Gasteiger partial charge is 0.306 e. The molecule has 30 heavy (non-hydrogen) atoms. The minimum Gasteiger partial charge on any atom is -0.469 e. The van der Waals surface area contributed by atoms with E-state index in [9.17, 15) is 9.59 Å². The van der Waals surface area contributed by atoms with E-state index in [2.05, 4.69) is 25.2 Å². The van der Waals surface area contributed by atoms with E-state index in [1.807, 2.05) is 20.8 Å². The molecular weight excluding hydrogens is 453 g/mol. The molecule has 0 aliphatic carbocycles. The number of nitrogens with one attached hydrogen (secondary N) is 2. The predicted molar refractivity (Wildman–Crippen MR) is 116 cm³/mol. The number of carbonyl (C=O) groups excluding carboxylic acids is 2. The Hall–Kier alpha value is -2.29. The standard InChI is InChI=1S/C19H20Cl3N5O3/c1-19(2,3)16-15(22)18-24-17(26-27(18)25-16)14-10(20)7-9(8-11(14)21)23-12(28)5-6-13(29)30-4/h7-8,25H,5-6H2,1-4H3,(H,23,28). The van der Waals surface area contributed by atoms with Crippen molar-refractivity contribution < 1.29 is 14.3 Å². The second-order valence-electron chi connectivity index (χ2n) is 7.66. The number of H-pyrrole nitrogens is 1. The highest BCUT2D eigenvalue weighted by Gasteiger charge is 2.25. The molecule has 2 N–H and O–H groups in total. The van der Waals surface area contributed by atoms with Crippen LogP contribution in [0, 0.1) is 0 Å². The lowest BCUT2D eigenvalue weighted by Gasteiger charge is -2.16. The van der Waals surface area contributed by atoms with Crippen LogP contribution in [-0.2, 0) is 19.7 Å². The number of hydrogen-bond donors (Lipinski definition) is 2. The number of carbonyl (C=O) groups is 2. The molecule has 0 fully saturated rings. The Balaban J connectivity index is 1.87. The molecular formula is C19H20Cl3N5O3. The molecule has 0 radical (unpaired) electrons. The van der Waals surface area contributed by atoms with E-state index in [1.54, 1.807) is 0 Å². The number of rotatable bonds is 5. The molecule has 0 aliphatic heterocycles. The molecule has 2 aromatic heterocycles. The Kier molecular flexibility index (Phi) is 6.31. The van der Waals surface area contributed by atoms with Gasteiger partial charge in [0.1, 0.15) is 5.02 Å². The summed E-state index contributed by atoms with van der Waals surface area (Å²) >= 11 is 19.3. The third kappa shape index (κ3) is 4.55. The highest BCUT2D eigenvalue weighted by Crippen LogP contribution is 2.37. The van der Waals surface area contributed by atoms with Gasteiger partial charge in [-0.05, 0) is 12.1 Å². The summed E-state index contributed by atoms with van der Waals surface area (Å²) in [5, 5.41) is 11.2. The van der Waals surface area contributed by atoms with Crippen LogP contribution in [0.1, 0.15) is 39.3 Å². The largest absolute Gasteiger partial charge is 0.469 e. The van der Waals surface area contributed by atoms with E-state index in [0.717, 1.165) is 5.69 Å². The maximum Gasteiger partial charge on any atom is 0.306 e. The second-order valence-corrected chi connectivity index (χ2v) is 8.85. The van der Waals surface area contributed by atoms with Crippen LogP contribution in [0.4, 0.5) is 5.69 Å². The number of aromatic nitrogens is 4. The number of amides is 1. The average molecular weight is 473 g/mol. The number of nitrogens with zero attached hydrogens (tertiary/aromatic N) is 3. The number of halogens is 3. The molecule has 1 amide bonds. The van der Waals surface area contributed by atoms with E-state index in [-0.39, 0.29) is 34.2 Å². The van der Waals surface area contributed by atoms with Gasteiger partial charge in [-0.15, -0.1) is 5.10 Å². The molecule has 8 nitrogen and oxygen atoms in total. The first-order valence-electron chi connectivity index (χ1n) is 9.02. The van der Waals surface area contributed by atoms with Crippen LogP contribution in [0.25, 0.3) is 17.0 Å². The molecule has 2 heterocycles. The Morgan fingerprint density at radius 1 is 1.17 bits per heavy atom. The van der Waals surface area contributed by atoms with Crippen LogP contribution in [0.3, 0.4) is 0 Å². The first-order chi connectivity index (χ1) is 14.0. The van der Waals surface area contributed by atoms with E-state index < -0.39 is 5.97 Å². The van der Waals surface area contributed by atoms with E-state index in [0.29, 0.717) is 27.7 Å². The van der Waals surface area contributed by atoms with E-state index in [4.69, 9.17) is 34.8 Å². The van der Waals surface area contributed by atoms with Crippen molar-refractivity contribution in [2.24, 2.45) is 0 Å². The number of benzene rings is 1. The van der Waals surface area contributed by atoms with Crippen molar-refractivity contribution >= 4 is 58.0 Å². The van der Waals surface area contributed by atoms with Gasteiger partial charge in [0.25, 0.3) is 0 Å². The van der Waals surface area contributed by atoms with Crippen molar-refractivity contribution in [3.05, 3.63) is 32.9 Å². The Bertz CT molecular complexity index is 1110. The number of esters is 1. The van der Waals surface area contributed by atoms with Crippen molar-refractivity contribution in [1.82, 2.24) is 19.8 Å². The third-order valence-corrected chi connectivity index (χ3v) is 5.28. The maximum atomic E-state index is 12.0. The van der Waals surface area contributed by atoms with Gasteiger partial charge in [-0.1, -0.05) is 55.6 Å². The summed E-state index contributed by atoms with van der Waals surface area (Å²) in [5.74, 6) is -0.538. The lowest BCUT2D eigenvalue weighted by Crippen LogP contribution is -2.14. The summed E-state index contributed by atoms with van der Waals surface area (Å²) < 4.78 is 6.00.